The van der Waals surface area contributed by atoms with Crippen molar-refractivity contribution in [2.75, 3.05) is 13.7 Å². The van der Waals surface area contributed by atoms with Crippen molar-refractivity contribution in [2.24, 2.45) is 11.8 Å². The summed E-state index contributed by atoms with van der Waals surface area (Å²) in [6.07, 6.45) is 1.40. The molecule has 2 N–H and O–H groups in total. The molecule has 0 saturated heterocycles. The molecule has 1 aromatic rings. The second-order valence-electron chi connectivity index (χ2n) is 12.1. The van der Waals surface area contributed by atoms with Gasteiger partial charge in [0.1, 0.15) is 24.2 Å². The van der Waals surface area contributed by atoms with E-state index in [1.54, 1.807) is 25.7 Å². The number of carbonyl (C=O) groups is 4. The summed E-state index contributed by atoms with van der Waals surface area (Å²) in [6.45, 7) is 18.8. The molecule has 0 aliphatic rings. The molecule has 3 amide bonds. The Balaban J connectivity index is 3.71. The van der Waals surface area contributed by atoms with Gasteiger partial charge in [0.15, 0.2) is 0 Å². The second kappa shape index (κ2) is 15.6. The first-order valence-electron chi connectivity index (χ1n) is 14.3. The fraction of sp³-hybridized carbons (Fsp3) is 0.677. The standard InChI is InChI=1S/C31H51N3O6/c1-12-20(4)26(33-30(38)40-31(8,9)10)29(37)34(23(7)15-13-19(2)3)27(28(36)32-18-25(35)39-11)24-16-14-21(5)22(6)17-24/h14,16-17,19-20,23,26-27H,12-13,15,18H2,1-11H3,(H,32,36)(H,33,38). The van der Waals surface area contributed by atoms with Crippen LogP contribution in [0.2, 0.25) is 0 Å². The molecule has 0 heterocycles. The van der Waals surface area contributed by atoms with Crippen LogP contribution < -0.4 is 10.6 Å². The van der Waals surface area contributed by atoms with Crippen LogP contribution in [0.15, 0.2) is 18.2 Å². The fourth-order valence-electron chi connectivity index (χ4n) is 4.29. The van der Waals surface area contributed by atoms with Gasteiger partial charge in [-0.1, -0.05) is 52.3 Å². The van der Waals surface area contributed by atoms with Gasteiger partial charge < -0.3 is 25.0 Å². The molecule has 0 radical (unpaired) electrons. The van der Waals surface area contributed by atoms with E-state index in [0.29, 0.717) is 24.3 Å². The summed E-state index contributed by atoms with van der Waals surface area (Å²) in [5.41, 5.74) is 1.89. The van der Waals surface area contributed by atoms with Gasteiger partial charge in [0, 0.05) is 6.04 Å². The first kappa shape index (κ1) is 34.9. The molecule has 226 valence electrons. The predicted molar refractivity (Wildman–Crippen MR) is 157 cm³/mol. The average Bonchev–Trinajstić information content (AvgIpc) is 2.87. The normalized spacial score (nSPS) is 14.5. The summed E-state index contributed by atoms with van der Waals surface area (Å²) in [5, 5.41) is 5.45. The van der Waals surface area contributed by atoms with E-state index in [4.69, 9.17) is 9.47 Å². The van der Waals surface area contributed by atoms with Gasteiger partial charge in [-0.2, -0.15) is 0 Å². The number of hydrogen-bond acceptors (Lipinski definition) is 6. The highest BCUT2D eigenvalue weighted by Gasteiger charge is 2.40. The number of nitrogens with zero attached hydrogens (tertiary/aromatic N) is 1. The molecule has 4 atom stereocenters. The van der Waals surface area contributed by atoms with E-state index >= 15 is 0 Å². The van der Waals surface area contributed by atoms with Crippen LogP contribution in [0.3, 0.4) is 0 Å². The Kier molecular flexibility index (Phi) is 13.6. The van der Waals surface area contributed by atoms with Gasteiger partial charge >= 0.3 is 12.1 Å². The summed E-state index contributed by atoms with van der Waals surface area (Å²) in [6, 6.07) is 3.33. The Hall–Kier alpha value is -3.10. The highest BCUT2D eigenvalue weighted by atomic mass is 16.6. The van der Waals surface area contributed by atoms with Gasteiger partial charge in [0.05, 0.1) is 7.11 Å². The van der Waals surface area contributed by atoms with Gasteiger partial charge in [0.2, 0.25) is 11.8 Å². The zero-order valence-corrected chi connectivity index (χ0v) is 26.3. The van der Waals surface area contributed by atoms with E-state index < -0.39 is 35.7 Å². The number of nitrogens with one attached hydrogen (secondary N) is 2. The van der Waals surface area contributed by atoms with Crippen LogP contribution in [0, 0.1) is 25.7 Å². The number of ether oxygens (including phenoxy) is 2. The van der Waals surface area contributed by atoms with E-state index in [0.717, 1.165) is 17.5 Å². The number of hydrogen-bond donors (Lipinski definition) is 2. The van der Waals surface area contributed by atoms with Crippen molar-refractivity contribution in [1.82, 2.24) is 15.5 Å². The van der Waals surface area contributed by atoms with Gasteiger partial charge in [-0.05, 0) is 82.9 Å². The molecule has 0 saturated carbocycles. The smallest absolute Gasteiger partial charge is 0.408 e. The SMILES string of the molecule is CCC(C)C(NC(=O)OC(C)(C)C)C(=O)N(C(C)CCC(C)C)C(C(=O)NCC(=O)OC)c1ccc(C)c(C)c1. The number of aryl methyl sites for hydroxylation is 2. The molecule has 0 aliphatic heterocycles. The topological polar surface area (TPSA) is 114 Å². The molecular weight excluding hydrogens is 510 g/mol. The number of amides is 3. The molecule has 9 heteroatoms. The Morgan fingerprint density at radius 2 is 1.60 bits per heavy atom. The average molecular weight is 562 g/mol. The zero-order chi connectivity index (χ0) is 30.8. The van der Waals surface area contributed by atoms with Gasteiger partial charge in [-0.15, -0.1) is 0 Å². The van der Waals surface area contributed by atoms with Gasteiger partial charge in [-0.3, -0.25) is 14.4 Å². The molecule has 0 aliphatic carbocycles. The highest BCUT2D eigenvalue weighted by molar-refractivity contribution is 5.93. The lowest BCUT2D eigenvalue weighted by molar-refractivity contribution is -0.147. The second-order valence-corrected chi connectivity index (χ2v) is 12.1. The van der Waals surface area contributed by atoms with Crippen LogP contribution >= 0.6 is 0 Å². The van der Waals surface area contributed by atoms with Gasteiger partial charge in [-0.25, -0.2) is 4.79 Å². The third kappa shape index (κ3) is 10.8. The predicted octanol–water partition coefficient (Wildman–Crippen LogP) is 5.23. The largest absolute Gasteiger partial charge is 0.468 e. The van der Waals surface area contributed by atoms with E-state index in [2.05, 4.69) is 24.5 Å². The van der Waals surface area contributed by atoms with E-state index in [1.165, 1.54) is 7.11 Å². The van der Waals surface area contributed by atoms with Crippen molar-refractivity contribution in [1.29, 1.82) is 0 Å². The number of rotatable bonds is 13. The third-order valence-corrected chi connectivity index (χ3v) is 7.05. The third-order valence-electron chi connectivity index (χ3n) is 7.05. The number of esters is 1. The lowest BCUT2D eigenvalue weighted by Crippen LogP contribution is -2.57. The lowest BCUT2D eigenvalue weighted by Gasteiger charge is -2.40. The van der Waals surface area contributed by atoms with Crippen LogP contribution in [0.5, 0.6) is 0 Å². The molecule has 1 rings (SSSR count). The summed E-state index contributed by atoms with van der Waals surface area (Å²) >= 11 is 0. The molecule has 9 nitrogen and oxygen atoms in total. The van der Waals surface area contributed by atoms with E-state index in [1.807, 2.05) is 52.8 Å². The first-order chi connectivity index (χ1) is 18.5. The Morgan fingerprint density at radius 3 is 2.10 bits per heavy atom. The minimum absolute atomic E-state index is 0.238. The van der Waals surface area contributed by atoms with Crippen LogP contribution in [0.1, 0.15) is 97.4 Å². The summed E-state index contributed by atoms with van der Waals surface area (Å²) in [7, 11) is 1.25. The molecule has 0 bridgehead atoms. The number of alkyl carbamates (subject to hydrolysis) is 1. The first-order valence-corrected chi connectivity index (χ1v) is 14.3. The molecular formula is C31H51N3O6. The number of benzene rings is 1. The molecule has 40 heavy (non-hydrogen) atoms. The maximum Gasteiger partial charge on any atom is 0.408 e. The van der Waals surface area contributed by atoms with E-state index in [-0.39, 0.29) is 24.4 Å². The molecule has 0 fully saturated rings. The molecule has 4 unspecified atom stereocenters. The fourth-order valence-corrected chi connectivity index (χ4v) is 4.29. The Bertz CT molecular complexity index is 1020. The summed E-state index contributed by atoms with van der Waals surface area (Å²) in [4.78, 5) is 54.6. The van der Waals surface area contributed by atoms with Crippen LogP contribution in [0.4, 0.5) is 4.79 Å². The van der Waals surface area contributed by atoms with Crippen molar-refractivity contribution in [2.45, 2.75) is 112 Å². The summed E-state index contributed by atoms with van der Waals surface area (Å²) in [5.74, 6) is -1.33. The molecule has 1 aromatic carbocycles. The minimum Gasteiger partial charge on any atom is -0.468 e. The lowest BCUT2D eigenvalue weighted by atomic mass is 9.92. The molecule has 0 aromatic heterocycles. The maximum atomic E-state index is 14.5. The quantitative estimate of drug-likeness (QED) is 0.319. The van der Waals surface area contributed by atoms with Gasteiger partial charge in [0.25, 0.3) is 0 Å². The Morgan fingerprint density at radius 1 is 0.975 bits per heavy atom. The van der Waals surface area contributed by atoms with Crippen molar-refractivity contribution < 1.29 is 28.7 Å². The van der Waals surface area contributed by atoms with E-state index in [9.17, 15) is 19.2 Å². The van der Waals surface area contributed by atoms with Crippen LogP contribution in [0.25, 0.3) is 0 Å². The highest BCUT2D eigenvalue weighted by Crippen LogP contribution is 2.30. The zero-order valence-electron chi connectivity index (χ0n) is 26.3. The summed E-state index contributed by atoms with van der Waals surface area (Å²) < 4.78 is 10.2. The maximum absolute atomic E-state index is 14.5. The Labute approximate surface area is 240 Å². The van der Waals surface area contributed by atoms with Crippen molar-refractivity contribution in [3.05, 3.63) is 34.9 Å². The van der Waals surface area contributed by atoms with Crippen molar-refractivity contribution >= 4 is 23.9 Å². The number of carbonyl (C=O) groups excluding carboxylic acids is 4. The van der Waals surface area contributed by atoms with Crippen LogP contribution in [-0.4, -0.2) is 60.1 Å². The monoisotopic (exact) mass is 561 g/mol. The van der Waals surface area contributed by atoms with Crippen molar-refractivity contribution in [3.63, 3.8) is 0 Å². The van der Waals surface area contributed by atoms with Crippen molar-refractivity contribution in [3.8, 4) is 0 Å². The molecule has 0 spiro atoms. The van der Waals surface area contributed by atoms with Crippen LogP contribution in [-0.2, 0) is 23.9 Å². The number of methoxy groups -OCH3 is 1. The minimum atomic E-state index is -1.04.